The Morgan fingerprint density at radius 2 is 1.95 bits per heavy atom. The van der Waals surface area contributed by atoms with Gasteiger partial charge in [0.25, 0.3) is 0 Å². The van der Waals surface area contributed by atoms with E-state index in [0.29, 0.717) is 0 Å². The Morgan fingerprint density at radius 1 is 1.19 bits per heavy atom. The molecule has 1 aliphatic carbocycles. The number of nitrogens with one attached hydrogen (secondary N) is 1. The second-order valence-electron chi connectivity index (χ2n) is 6.51. The van der Waals surface area contributed by atoms with E-state index < -0.39 is 0 Å². The van der Waals surface area contributed by atoms with Gasteiger partial charge < -0.3 is 5.32 Å². The van der Waals surface area contributed by atoms with Gasteiger partial charge in [-0.25, -0.2) is 0 Å². The summed E-state index contributed by atoms with van der Waals surface area (Å²) in [6.45, 7) is 10.0. The number of nitrogens with zero attached hydrogens (tertiary/aromatic N) is 2. The average Bonchev–Trinajstić information content (AvgIpc) is 2.91. The first-order valence-corrected chi connectivity index (χ1v) is 9.04. The Balaban J connectivity index is 1.99. The van der Waals surface area contributed by atoms with Crippen molar-refractivity contribution in [1.29, 1.82) is 0 Å². The SMILES string of the molecule is CCCNCC1CCCCC1Cc1cc(CC)nn1CC. The fourth-order valence-corrected chi connectivity index (χ4v) is 3.68. The molecular formula is C18H33N3. The fraction of sp³-hybridized carbons (Fsp3) is 0.833. The summed E-state index contributed by atoms with van der Waals surface area (Å²) in [5.74, 6) is 1.70. The predicted octanol–water partition coefficient (Wildman–Crippen LogP) is 3.81. The van der Waals surface area contributed by atoms with E-state index in [-0.39, 0.29) is 0 Å². The largest absolute Gasteiger partial charge is 0.316 e. The van der Waals surface area contributed by atoms with Gasteiger partial charge in [-0.15, -0.1) is 0 Å². The van der Waals surface area contributed by atoms with Gasteiger partial charge in [0.1, 0.15) is 0 Å². The quantitative estimate of drug-likeness (QED) is 0.738. The number of hydrogen-bond donors (Lipinski definition) is 1. The molecule has 0 radical (unpaired) electrons. The molecule has 1 N–H and O–H groups in total. The maximum atomic E-state index is 4.71. The van der Waals surface area contributed by atoms with Crippen molar-refractivity contribution in [2.45, 2.75) is 72.3 Å². The Labute approximate surface area is 130 Å². The molecule has 120 valence electrons. The zero-order chi connectivity index (χ0) is 15.1. The summed E-state index contributed by atoms with van der Waals surface area (Å²) in [6, 6.07) is 2.34. The third-order valence-corrected chi connectivity index (χ3v) is 4.95. The highest BCUT2D eigenvalue weighted by Crippen LogP contribution is 2.32. The molecule has 1 saturated carbocycles. The number of aryl methyl sites for hydroxylation is 2. The third kappa shape index (κ3) is 4.57. The molecule has 0 saturated heterocycles. The van der Waals surface area contributed by atoms with Crippen molar-refractivity contribution < 1.29 is 0 Å². The molecule has 21 heavy (non-hydrogen) atoms. The molecule has 2 unspecified atom stereocenters. The van der Waals surface area contributed by atoms with E-state index in [2.05, 4.69) is 36.8 Å². The van der Waals surface area contributed by atoms with Gasteiger partial charge in [0, 0.05) is 12.2 Å². The van der Waals surface area contributed by atoms with E-state index in [4.69, 9.17) is 5.10 Å². The van der Waals surface area contributed by atoms with Crippen LogP contribution in [-0.4, -0.2) is 22.9 Å². The molecule has 1 fully saturated rings. The lowest BCUT2D eigenvalue weighted by Crippen LogP contribution is -2.32. The van der Waals surface area contributed by atoms with Crippen LogP contribution >= 0.6 is 0 Å². The van der Waals surface area contributed by atoms with E-state index in [9.17, 15) is 0 Å². The zero-order valence-electron chi connectivity index (χ0n) is 14.2. The monoisotopic (exact) mass is 291 g/mol. The summed E-state index contributed by atoms with van der Waals surface area (Å²) in [5.41, 5.74) is 2.71. The van der Waals surface area contributed by atoms with Crippen molar-refractivity contribution in [2.75, 3.05) is 13.1 Å². The lowest BCUT2D eigenvalue weighted by atomic mass is 9.77. The summed E-state index contributed by atoms with van der Waals surface area (Å²) >= 11 is 0. The van der Waals surface area contributed by atoms with Crippen LogP contribution in [0.2, 0.25) is 0 Å². The highest BCUT2D eigenvalue weighted by molar-refractivity contribution is 5.11. The smallest absolute Gasteiger partial charge is 0.0624 e. The van der Waals surface area contributed by atoms with Crippen LogP contribution in [-0.2, 0) is 19.4 Å². The van der Waals surface area contributed by atoms with Crippen molar-refractivity contribution in [3.8, 4) is 0 Å². The van der Waals surface area contributed by atoms with E-state index in [0.717, 1.165) is 31.3 Å². The van der Waals surface area contributed by atoms with E-state index >= 15 is 0 Å². The molecule has 1 aromatic heterocycles. The third-order valence-electron chi connectivity index (χ3n) is 4.95. The van der Waals surface area contributed by atoms with Gasteiger partial charge in [0.05, 0.1) is 5.69 Å². The standard InChI is InChI=1S/C18H33N3/c1-4-11-19-14-16-10-8-7-9-15(16)12-18-13-17(5-2)20-21(18)6-3/h13,15-16,19H,4-12,14H2,1-3H3. The lowest BCUT2D eigenvalue weighted by molar-refractivity contribution is 0.225. The first kappa shape index (κ1) is 16.5. The van der Waals surface area contributed by atoms with Crippen molar-refractivity contribution in [3.63, 3.8) is 0 Å². The van der Waals surface area contributed by atoms with Crippen molar-refractivity contribution in [2.24, 2.45) is 11.8 Å². The maximum absolute atomic E-state index is 4.71. The molecule has 0 aromatic carbocycles. The van der Waals surface area contributed by atoms with E-state index in [1.54, 1.807) is 0 Å². The summed E-state index contributed by atoms with van der Waals surface area (Å²) in [4.78, 5) is 0. The van der Waals surface area contributed by atoms with Gasteiger partial charge in [-0.2, -0.15) is 5.10 Å². The lowest BCUT2D eigenvalue weighted by Gasteiger charge is -2.32. The number of aromatic nitrogens is 2. The molecule has 3 heteroatoms. The van der Waals surface area contributed by atoms with Gasteiger partial charge in [-0.3, -0.25) is 4.68 Å². The van der Waals surface area contributed by atoms with Crippen molar-refractivity contribution >= 4 is 0 Å². The Hall–Kier alpha value is -0.830. The number of rotatable bonds is 8. The number of hydrogen-bond acceptors (Lipinski definition) is 2. The van der Waals surface area contributed by atoms with Crippen LogP contribution in [0.4, 0.5) is 0 Å². The van der Waals surface area contributed by atoms with Crippen LogP contribution < -0.4 is 5.32 Å². The Kier molecular flexibility index (Phi) is 6.75. The second-order valence-corrected chi connectivity index (χ2v) is 6.51. The Bertz CT molecular complexity index is 411. The summed E-state index contributed by atoms with van der Waals surface area (Å²) in [5, 5.41) is 8.36. The topological polar surface area (TPSA) is 29.9 Å². The normalized spacial score (nSPS) is 22.6. The highest BCUT2D eigenvalue weighted by Gasteiger charge is 2.26. The minimum absolute atomic E-state index is 0.842. The first-order valence-electron chi connectivity index (χ1n) is 9.04. The van der Waals surface area contributed by atoms with Crippen LogP contribution in [0.15, 0.2) is 6.07 Å². The molecule has 1 aromatic rings. The van der Waals surface area contributed by atoms with E-state index in [1.807, 2.05) is 0 Å². The van der Waals surface area contributed by atoms with Gasteiger partial charge in [0.15, 0.2) is 0 Å². The molecule has 1 heterocycles. The van der Waals surface area contributed by atoms with E-state index in [1.165, 1.54) is 56.5 Å². The van der Waals surface area contributed by atoms with Crippen molar-refractivity contribution in [3.05, 3.63) is 17.5 Å². The van der Waals surface area contributed by atoms with Gasteiger partial charge >= 0.3 is 0 Å². The first-order chi connectivity index (χ1) is 10.3. The Morgan fingerprint density at radius 3 is 2.62 bits per heavy atom. The van der Waals surface area contributed by atoms with Crippen molar-refractivity contribution in [1.82, 2.24) is 15.1 Å². The molecule has 0 spiro atoms. The molecule has 2 rings (SSSR count). The minimum atomic E-state index is 0.842. The fourth-order valence-electron chi connectivity index (χ4n) is 3.68. The predicted molar refractivity (Wildman–Crippen MR) is 89.6 cm³/mol. The van der Waals surface area contributed by atoms with Crippen LogP contribution in [0.25, 0.3) is 0 Å². The summed E-state index contributed by atoms with van der Waals surface area (Å²) in [7, 11) is 0. The van der Waals surface area contributed by atoms with Crippen LogP contribution in [0, 0.1) is 11.8 Å². The van der Waals surface area contributed by atoms with Crippen LogP contribution in [0.1, 0.15) is 64.3 Å². The van der Waals surface area contributed by atoms with Gasteiger partial charge in [-0.05, 0) is 70.0 Å². The molecular weight excluding hydrogens is 258 g/mol. The van der Waals surface area contributed by atoms with Gasteiger partial charge in [0.2, 0.25) is 0 Å². The second kappa shape index (κ2) is 8.57. The van der Waals surface area contributed by atoms with Crippen LogP contribution in [0.3, 0.4) is 0 Å². The minimum Gasteiger partial charge on any atom is -0.316 e. The average molecular weight is 291 g/mol. The van der Waals surface area contributed by atoms with Crippen LogP contribution in [0.5, 0.6) is 0 Å². The maximum Gasteiger partial charge on any atom is 0.0624 e. The molecule has 0 bridgehead atoms. The molecule has 0 amide bonds. The van der Waals surface area contributed by atoms with Gasteiger partial charge in [-0.1, -0.05) is 26.7 Å². The highest BCUT2D eigenvalue weighted by atomic mass is 15.3. The molecule has 1 aliphatic rings. The molecule has 3 nitrogen and oxygen atoms in total. The summed E-state index contributed by atoms with van der Waals surface area (Å²) < 4.78 is 2.23. The zero-order valence-corrected chi connectivity index (χ0v) is 14.2. The summed E-state index contributed by atoms with van der Waals surface area (Å²) in [6.07, 6.45) is 9.14. The molecule has 2 atom stereocenters. The molecule has 0 aliphatic heterocycles.